The second kappa shape index (κ2) is 4.93. The molecule has 2 rings (SSSR count). The Balaban J connectivity index is 1.84. The molecule has 0 radical (unpaired) electrons. The Labute approximate surface area is 96.0 Å². The highest BCUT2D eigenvalue weighted by molar-refractivity contribution is 7.91. The molecule has 1 aliphatic heterocycles. The standard InChI is InChI=1S/C11H16N2O2S/c14-16(15,9-10-7-12-8-10)6-4-11-3-1-2-5-13-11/h1-3,5,10,12H,4,6-9H2. The van der Waals surface area contributed by atoms with Crippen LogP contribution in [0.2, 0.25) is 0 Å². The molecule has 0 amide bonds. The number of pyridine rings is 1. The van der Waals surface area contributed by atoms with E-state index in [2.05, 4.69) is 10.3 Å². The fourth-order valence-electron chi connectivity index (χ4n) is 1.71. The lowest BCUT2D eigenvalue weighted by atomic mass is 10.1. The maximum Gasteiger partial charge on any atom is 0.151 e. The molecule has 1 saturated heterocycles. The minimum absolute atomic E-state index is 0.209. The Morgan fingerprint density at radius 3 is 2.75 bits per heavy atom. The molecule has 1 N–H and O–H groups in total. The summed E-state index contributed by atoms with van der Waals surface area (Å²) in [6.07, 6.45) is 2.21. The average Bonchev–Trinajstić information content (AvgIpc) is 2.23. The number of nitrogens with one attached hydrogen (secondary N) is 1. The van der Waals surface area contributed by atoms with Gasteiger partial charge in [-0.25, -0.2) is 8.42 Å². The van der Waals surface area contributed by atoms with Gasteiger partial charge in [-0.2, -0.15) is 0 Å². The van der Waals surface area contributed by atoms with E-state index in [9.17, 15) is 8.42 Å². The summed E-state index contributed by atoms with van der Waals surface area (Å²) in [7, 11) is -2.92. The first-order chi connectivity index (χ1) is 7.66. The first-order valence-electron chi connectivity index (χ1n) is 5.47. The Morgan fingerprint density at radius 1 is 1.38 bits per heavy atom. The molecule has 2 heterocycles. The summed E-state index contributed by atoms with van der Waals surface area (Å²) in [4.78, 5) is 4.12. The van der Waals surface area contributed by atoms with Gasteiger partial charge in [-0.15, -0.1) is 0 Å². The van der Waals surface area contributed by atoms with Crippen LogP contribution in [0.5, 0.6) is 0 Å². The van der Waals surface area contributed by atoms with Crippen molar-refractivity contribution in [1.82, 2.24) is 10.3 Å². The number of aromatic nitrogens is 1. The molecule has 4 nitrogen and oxygen atoms in total. The van der Waals surface area contributed by atoms with Crippen molar-refractivity contribution in [2.24, 2.45) is 5.92 Å². The second-order valence-electron chi connectivity index (χ2n) is 4.21. The zero-order chi connectivity index (χ0) is 11.4. The van der Waals surface area contributed by atoms with Gasteiger partial charge in [0.25, 0.3) is 0 Å². The summed E-state index contributed by atoms with van der Waals surface area (Å²) in [5.74, 6) is 0.835. The van der Waals surface area contributed by atoms with E-state index in [1.54, 1.807) is 6.20 Å². The molecule has 0 spiro atoms. The van der Waals surface area contributed by atoms with Gasteiger partial charge in [0.1, 0.15) is 0 Å². The van der Waals surface area contributed by atoms with Crippen molar-refractivity contribution < 1.29 is 8.42 Å². The van der Waals surface area contributed by atoms with E-state index in [0.29, 0.717) is 18.1 Å². The molecule has 1 aromatic heterocycles. The van der Waals surface area contributed by atoms with Crippen LogP contribution in [-0.2, 0) is 16.3 Å². The smallest absolute Gasteiger partial charge is 0.151 e. The van der Waals surface area contributed by atoms with Crippen molar-refractivity contribution >= 4 is 9.84 Å². The highest BCUT2D eigenvalue weighted by atomic mass is 32.2. The third kappa shape index (κ3) is 3.28. The molecule has 0 saturated carbocycles. The van der Waals surface area contributed by atoms with Gasteiger partial charge in [-0.3, -0.25) is 4.98 Å². The average molecular weight is 240 g/mol. The van der Waals surface area contributed by atoms with E-state index in [0.717, 1.165) is 18.8 Å². The molecule has 5 heteroatoms. The molecular weight excluding hydrogens is 224 g/mol. The van der Waals surface area contributed by atoms with Gasteiger partial charge in [0.05, 0.1) is 11.5 Å². The SMILES string of the molecule is O=S(=O)(CCc1ccccn1)CC1CNC1. The molecular formula is C11H16N2O2S. The normalized spacial score (nSPS) is 17.0. The van der Waals surface area contributed by atoms with Crippen LogP contribution in [0.1, 0.15) is 5.69 Å². The first-order valence-corrected chi connectivity index (χ1v) is 7.29. The molecule has 1 aliphatic rings. The molecule has 1 fully saturated rings. The van der Waals surface area contributed by atoms with Gasteiger partial charge < -0.3 is 5.32 Å². The highest BCUT2D eigenvalue weighted by Crippen LogP contribution is 2.08. The van der Waals surface area contributed by atoms with Gasteiger partial charge in [-0.05, 0) is 18.1 Å². The van der Waals surface area contributed by atoms with Crippen molar-refractivity contribution in [3.63, 3.8) is 0 Å². The zero-order valence-corrected chi connectivity index (χ0v) is 9.91. The number of sulfone groups is 1. The van der Waals surface area contributed by atoms with E-state index in [-0.39, 0.29) is 5.75 Å². The third-order valence-corrected chi connectivity index (χ3v) is 4.56. The van der Waals surface area contributed by atoms with E-state index in [1.807, 2.05) is 18.2 Å². The zero-order valence-electron chi connectivity index (χ0n) is 9.09. The van der Waals surface area contributed by atoms with Gasteiger partial charge in [0, 0.05) is 31.4 Å². The summed E-state index contributed by atoms with van der Waals surface area (Å²) in [5.41, 5.74) is 0.845. The van der Waals surface area contributed by atoms with Crippen LogP contribution in [0.25, 0.3) is 0 Å². The van der Waals surface area contributed by atoms with E-state index >= 15 is 0 Å². The Bertz CT molecular complexity index is 427. The van der Waals surface area contributed by atoms with E-state index in [4.69, 9.17) is 0 Å². The lowest BCUT2D eigenvalue weighted by Crippen LogP contribution is -2.45. The topological polar surface area (TPSA) is 59.1 Å². The Hall–Kier alpha value is -0.940. The van der Waals surface area contributed by atoms with Crippen LogP contribution in [0.4, 0.5) is 0 Å². The van der Waals surface area contributed by atoms with Crippen LogP contribution in [0.15, 0.2) is 24.4 Å². The molecule has 88 valence electrons. The first kappa shape index (κ1) is 11.5. The van der Waals surface area contributed by atoms with E-state index in [1.165, 1.54) is 0 Å². The van der Waals surface area contributed by atoms with Crippen LogP contribution in [0.3, 0.4) is 0 Å². The van der Waals surface area contributed by atoms with Crippen molar-refractivity contribution in [2.45, 2.75) is 6.42 Å². The summed E-state index contributed by atoms with van der Waals surface area (Å²) < 4.78 is 23.5. The monoisotopic (exact) mass is 240 g/mol. The quantitative estimate of drug-likeness (QED) is 0.802. The van der Waals surface area contributed by atoms with Crippen LogP contribution >= 0.6 is 0 Å². The predicted octanol–water partition coefficient (Wildman–Crippen LogP) is 0.258. The largest absolute Gasteiger partial charge is 0.316 e. The van der Waals surface area contributed by atoms with Gasteiger partial charge in [0.2, 0.25) is 0 Å². The van der Waals surface area contributed by atoms with E-state index < -0.39 is 9.84 Å². The predicted molar refractivity (Wildman–Crippen MR) is 63.0 cm³/mol. The van der Waals surface area contributed by atoms with Crippen LogP contribution < -0.4 is 5.32 Å². The number of hydrogen-bond acceptors (Lipinski definition) is 4. The Kier molecular flexibility index (Phi) is 3.56. The van der Waals surface area contributed by atoms with Gasteiger partial charge >= 0.3 is 0 Å². The number of aryl methyl sites for hydroxylation is 1. The Morgan fingerprint density at radius 2 is 2.19 bits per heavy atom. The lowest BCUT2D eigenvalue weighted by Gasteiger charge is -2.26. The van der Waals surface area contributed by atoms with Crippen molar-refractivity contribution in [3.05, 3.63) is 30.1 Å². The summed E-state index contributed by atoms with van der Waals surface area (Å²) in [6, 6.07) is 5.57. The minimum atomic E-state index is -2.92. The van der Waals surface area contributed by atoms with Crippen molar-refractivity contribution in [2.75, 3.05) is 24.6 Å². The maximum absolute atomic E-state index is 11.8. The minimum Gasteiger partial charge on any atom is -0.316 e. The van der Waals surface area contributed by atoms with Crippen molar-refractivity contribution in [1.29, 1.82) is 0 Å². The third-order valence-electron chi connectivity index (χ3n) is 2.75. The summed E-state index contributed by atoms with van der Waals surface area (Å²) in [6.45, 7) is 1.67. The number of hydrogen-bond donors (Lipinski definition) is 1. The van der Waals surface area contributed by atoms with Crippen LogP contribution in [-0.4, -0.2) is 38.0 Å². The molecule has 0 aliphatic carbocycles. The molecule has 0 atom stereocenters. The van der Waals surface area contributed by atoms with Gasteiger partial charge in [-0.1, -0.05) is 6.07 Å². The van der Waals surface area contributed by atoms with Crippen LogP contribution in [0, 0.1) is 5.92 Å². The maximum atomic E-state index is 11.8. The lowest BCUT2D eigenvalue weighted by molar-refractivity contribution is 0.378. The molecule has 1 aromatic rings. The molecule has 0 bridgehead atoms. The summed E-state index contributed by atoms with van der Waals surface area (Å²) >= 11 is 0. The van der Waals surface area contributed by atoms with Crippen molar-refractivity contribution in [3.8, 4) is 0 Å². The fraction of sp³-hybridized carbons (Fsp3) is 0.545. The highest BCUT2D eigenvalue weighted by Gasteiger charge is 2.23. The summed E-state index contributed by atoms with van der Waals surface area (Å²) in [5, 5.41) is 3.08. The molecule has 16 heavy (non-hydrogen) atoms. The second-order valence-corrected chi connectivity index (χ2v) is 6.44. The van der Waals surface area contributed by atoms with Gasteiger partial charge in [0.15, 0.2) is 9.84 Å². The molecule has 0 unspecified atom stereocenters. The number of rotatable bonds is 5. The molecule has 0 aromatic carbocycles. The fourth-order valence-corrected chi connectivity index (χ4v) is 3.36. The number of nitrogens with zero attached hydrogens (tertiary/aromatic N) is 1.